The van der Waals surface area contributed by atoms with Crippen LogP contribution in [0.2, 0.25) is 0 Å². The highest BCUT2D eigenvalue weighted by molar-refractivity contribution is 9.10. The van der Waals surface area contributed by atoms with E-state index >= 15 is 0 Å². The fourth-order valence-corrected chi connectivity index (χ4v) is 4.15. The Bertz CT molecular complexity index is 534. The standard InChI is InChI=1S/C17H21BrFNO/c18-13-6-7-14(19)12(9-13)10-17(21)16-8-5-11-3-1-2-4-15(11)20-16/h6-7,9,11,15-16,20H,1-5,8,10H2. The van der Waals surface area contributed by atoms with Crippen molar-refractivity contribution >= 4 is 21.7 Å². The maximum atomic E-state index is 13.8. The Balaban J connectivity index is 1.64. The van der Waals surface area contributed by atoms with Gasteiger partial charge in [-0.05, 0) is 55.4 Å². The van der Waals surface area contributed by atoms with Gasteiger partial charge in [0, 0.05) is 16.9 Å². The number of benzene rings is 1. The van der Waals surface area contributed by atoms with Gasteiger partial charge in [0.25, 0.3) is 0 Å². The van der Waals surface area contributed by atoms with Gasteiger partial charge in [-0.1, -0.05) is 28.8 Å². The molecule has 1 aliphatic carbocycles. The van der Waals surface area contributed by atoms with Gasteiger partial charge in [0.2, 0.25) is 0 Å². The first-order chi connectivity index (χ1) is 10.1. The van der Waals surface area contributed by atoms with E-state index in [1.165, 1.54) is 31.7 Å². The Labute approximate surface area is 133 Å². The molecule has 1 N–H and O–H groups in total. The predicted octanol–water partition coefficient (Wildman–Crippen LogP) is 4.01. The lowest BCUT2D eigenvalue weighted by Gasteiger charge is -2.40. The third-order valence-electron chi connectivity index (χ3n) is 4.91. The van der Waals surface area contributed by atoms with E-state index in [-0.39, 0.29) is 24.1 Å². The SMILES string of the molecule is O=C(Cc1cc(Br)ccc1F)C1CCC2CCCCC2N1. The molecule has 1 aromatic carbocycles. The Morgan fingerprint density at radius 3 is 2.90 bits per heavy atom. The quantitative estimate of drug-likeness (QED) is 0.889. The second-order valence-electron chi connectivity index (χ2n) is 6.33. The number of carbonyl (C=O) groups excluding carboxylic acids is 1. The van der Waals surface area contributed by atoms with Gasteiger partial charge in [0.1, 0.15) is 5.82 Å². The van der Waals surface area contributed by atoms with Crippen LogP contribution in [0, 0.1) is 11.7 Å². The second kappa shape index (κ2) is 6.57. The summed E-state index contributed by atoms with van der Waals surface area (Å²) < 4.78 is 14.6. The van der Waals surface area contributed by atoms with Crippen LogP contribution in [-0.2, 0) is 11.2 Å². The monoisotopic (exact) mass is 353 g/mol. The number of hydrogen-bond donors (Lipinski definition) is 1. The van der Waals surface area contributed by atoms with Gasteiger partial charge in [-0.25, -0.2) is 4.39 Å². The van der Waals surface area contributed by atoms with Crippen molar-refractivity contribution in [1.29, 1.82) is 0 Å². The maximum absolute atomic E-state index is 13.8. The topological polar surface area (TPSA) is 29.1 Å². The number of ketones is 1. The molecule has 2 fully saturated rings. The molecule has 2 aliphatic rings. The van der Waals surface area contributed by atoms with Crippen LogP contribution < -0.4 is 5.32 Å². The molecule has 0 spiro atoms. The minimum Gasteiger partial charge on any atom is -0.304 e. The van der Waals surface area contributed by atoms with Gasteiger partial charge in [0.05, 0.1) is 6.04 Å². The van der Waals surface area contributed by atoms with Gasteiger partial charge in [-0.2, -0.15) is 0 Å². The molecule has 0 radical (unpaired) electrons. The molecule has 0 aromatic heterocycles. The lowest BCUT2D eigenvalue weighted by Crippen LogP contribution is -2.52. The van der Waals surface area contributed by atoms with Crippen LogP contribution in [0.5, 0.6) is 0 Å². The molecule has 0 bridgehead atoms. The predicted molar refractivity (Wildman–Crippen MR) is 84.7 cm³/mol. The average molecular weight is 354 g/mol. The van der Waals surface area contributed by atoms with Crippen LogP contribution in [0.4, 0.5) is 4.39 Å². The molecule has 1 aromatic rings. The zero-order valence-electron chi connectivity index (χ0n) is 12.1. The summed E-state index contributed by atoms with van der Waals surface area (Å²) in [5.41, 5.74) is 0.488. The first-order valence-electron chi connectivity index (χ1n) is 7.86. The van der Waals surface area contributed by atoms with E-state index in [0.29, 0.717) is 11.6 Å². The van der Waals surface area contributed by atoms with Gasteiger partial charge in [-0.15, -0.1) is 0 Å². The fourth-order valence-electron chi connectivity index (χ4n) is 3.74. The Morgan fingerprint density at radius 2 is 2.05 bits per heavy atom. The first kappa shape index (κ1) is 15.2. The summed E-state index contributed by atoms with van der Waals surface area (Å²) in [6.45, 7) is 0. The molecule has 1 saturated carbocycles. The largest absolute Gasteiger partial charge is 0.304 e. The summed E-state index contributed by atoms with van der Waals surface area (Å²) in [7, 11) is 0. The minimum absolute atomic E-state index is 0.0947. The molecule has 3 atom stereocenters. The maximum Gasteiger partial charge on any atom is 0.154 e. The summed E-state index contributed by atoms with van der Waals surface area (Å²) >= 11 is 3.33. The van der Waals surface area contributed by atoms with E-state index in [0.717, 1.165) is 23.2 Å². The molecule has 3 rings (SSSR count). The third kappa shape index (κ3) is 3.54. The van der Waals surface area contributed by atoms with Gasteiger partial charge in [-0.3, -0.25) is 4.79 Å². The number of rotatable bonds is 3. The highest BCUT2D eigenvalue weighted by Gasteiger charge is 2.34. The highest BCUT2D eigenvalue weighted by Crippen LogP contribution is 2.32. The van der Waals surface area contributed by atoms with Crippen molar-refractivity contribution in [3.63, 3.8) is 0 Å². The van der Waals surface area contributed by atoms with Crippen molar-refractivity contribution in [2.45, 2.75) is 57.0 Å². The zero-order chi connectivity index (χ0) is 14.8. The molecule has 1 heterocycles. The van der Waals surface area contributed by atoms with Crippen molar-refractivity contribution < 1.29 is 9.18 Å². The highest BCUT2D eigenvalue weighted by atomic mass is 79.9. The molecular formula is C17H21BrFNO. The summed E-state index contributed by atoms with van der Waals surface area (Å²) in [5.74, 6) is 0.569. The summed E-state index contributed by atoms with van der Waals surface area (Å²) in [6, 6.07) is 5.18. The Morgan fingerprint density at radius 1 is 1.24 bits per heavy atom. The van der Waals surface area contributed by atoms with Crippen molar-refractivity contribution in [1.82, 2.24) is 5.32 Å². The lowest BCUT2D eigenvalue weighted by atomic mass is 9.77. The summed E-state index contributed by atoms with van der Waals surface area (Å²) in [6.07, 6.45) is 7.27. The normalized spacial score (nSPS) is 29.0. The van der Waals surface area contributed by atoms with Crippen LogP contribution in [0.25, 0.3) is 0 Å². The number of halogens is 2. The van der Waals surface area contributed by atoms with Crippen molar-refractivity contribution in [2.24, 2.45) is 5.92 Å². The number of Topliss-reactive ketones (excluding diaryl/α,β-unsaturated/α-hetero) is 1. The van der Waals surface area contributed by atoms with Crippen LogP contribution in [-0.4, -0.2) is 17.9 Å². The van der Waals surface area contributed by atoms with Crippen LogP contribution in [0.3, 0.4) is 0 Å². The van der Waals surface area contributed by atoms with E-state index in [9.17, 15) is 9.18 Å². The number of carbonyl (C=O) groups is 1. The average Bonchev–Trinajstić information content (AvgIpc) is 2.50. The molecule has 1 saturated heterocycles. The number of hydrogen-bond acceptors (Lipinski definition) is 2. The van der Waals surface area contributed by atoms with Gasteiger partial charge in [0.15, 0.2) is 5.78 Å². The molecule has 0 amide bonds. The molecule has 1 aliphatic heterocycles. The zero-order valence-corrected chi connectivity index (χ0v) is 13.7. The number of nitrogens with one attached hydrogen (secondary N) is 1. The Hall–Kier alpha value is -0.740. The van der Waals surface area contributed by atoms with E-state index < -0.39 is 0 Å². The number of fused-ring (bicyclic) bond motifs is 1. The molecule has 21 heavy (non-hydrogen) atoms. The first-order valence-corrected chi connectivity index (χ1v) is 8.65. The molecule has 114 valence electrons. The summed E-state index contributed by atoms with van der Waals surface area (Å²) in [5, 5.41) is 3.53. The molecule has 3 unspecified atom stereocenters. The van der Waals surface area contributed by atoms with Crippen LogP contribution in [0.15, 0.2) is 22.7 Å². The minimum atomic E-state index is -0.294. The van der Waals surface area contributed by atoms with Crippen molar-refractivity contribution in [2.75, 3.05) is 0 Å². The van der Waals surface area contributed by atoms with Crippen LogP contribution >= 0.6 is 15.9 Å². The second-order valence-corrected chi connectivity index (χ2v) is 7.24. The van der Waals surface area contributed by atoms with E-state index in [4.69, 9.17) is 0 Å². The van der Waals surface area contributed by atoms with Gasteiger partial charge < -0.3 is 5.32 Å². The molecular weight excluding hydrogens is 333 g/mol. The number of piperidine rings is 1. The smallest absolute Gasteiger partial charge is 0.154 e. The lowest BCUT2D eigenvalue weighted by molar-refractivity contribution is -0.121. The summed E-state index contributed by atoms with van der Waals surface area (Å²) in [4.78, 5) is 12.5. The Kier molecular flexibility index (Phi) is 4.75. The molecule has 4 heteroatoms. The van der Waals surface area contributed by atoms with Crippen molar-refractivity contribution in [3.8, 4) is 0 Å². The molecule has 2 nitrogen and oxygen atoms in total. The van der Waals surface area contributed by atoms with Crippen molar-refractivity contribution in [3.05, 3.63) is 34.1 Å². The van der Waals surface area contributed by atoms with E-state index in [2.05, 4.69) is 21.2 Å². The third-order valence-corrected chi connectivity index (χ3v) is 5.40. The van der Waals surface area contributed by atoms with E-state index in [1.54, 1.807) is 12.1 Å². The fraction of sp³-hybridized carbons (Fsp3) is 0.588. The van der Waals surface area contributed by atoms with E-state index in [1.807, 2.05) is 0 Å². The van der Waals surface area contributed by atoms with Gasteiger partial charge >= 0.3 is 0 Å². The van der Waals surface area contributed by atoms with Crippen LogP contribution in [0.1, 0.15) is 44.1 Å².